The minimum atomic E-state index is -1.08. The van der Waals surface area contributed by atoms with Gasteiger partial charge in [0.1, 0.15) is 29.7 Å². The second-order valence-corrected chi connectivity index (χ2v) is 10.2. The van der Waals surface area contributed by atoms with Crippen molar-refractivity contribution in [2.45, 2.75) is 89.7 Å². The van der Waals surface area contributed by atoms with E-state index < -0.39 is 60.2 Å². The summed E-state index contributed by atoms with van der Waals surface area (Å²) in [5, 5.41) is 16.7. The standard InChI is InChI=1S/C23H33N7O7/c1-11-13(8-14(32)21(35-11)29-19-16-18(25-9-24-16)26-10-27-19)28-20(33)17-15(36-12(2)31)6-7-30(17)22(34)37-23(3,4)5/h9-11,13-15,17,21,32H,6-8H2,1-5H3,(H,28,33)(H2,24,25,26,27,29)/t11-,13+,14-,15-,17+,21-/m0/s1. The number of aromatic amines is 1. The van der Waals surface area contributed by atoms with Gasteiger partial charge in [-0.1, -0.05) is 0 Å². The Hall–Kier alpha value is -3.52. The SMILES string of the molecule is CC(=O)O[C@H]1CCN(C(=O)OC(C)(C)C)[C@H]1C(=O)N[C@@H]1C[C@H](O)[C@@H](Nc2ncnc3nc[nH]c23)O[C@H]1C. The zero-order valence-electron chi connectivity index (χ0n) is 21.4. The first-order chi connectivity index (χ1) is 17.4. The molecule has 6 atom stereocenters. The van der Waals surface area contributed by atoms with Gasteiger partial charge in [-0.15, -0.1) is 0 Å². The normalized spacial score (nSPS) is 28.1. The Morgan fingerprint density at radius 3 is 2.70 bits per heavy atom. The molecule has 37 heavy (non-hydrogen) atoms. The van der Waals surface area contributed by atoms with Gasteiger partial charge in [0.25, 0.3) is 0 Å². The number of H-pyrrole nitrogens is 1. The molecule has 2 fully saturated rings. The summed E-state index contributed by atoms with van der Waals surface area (Å²) >= 11 is 0. The lowest BCUT2D eigenvalue weighted by molar-refractivity contribution is -0.151. The van der Waals surface area contributed by atoms with Gasteiger partial charge in [-0.25, -0.2) is 19.7 Å². The monoisotopic (exact) mass is 519 g/mol. The number of aromatic nitrogens is 4. The van der Waals surface area contributed by atoms with Crippen LogP contribution in [0.4, 0.5) is 10.6 Å². The van der Waals surface area contributed by atoms with Crippen molar-refractivity contribution in [2.24, 2.45) is 0 Å². The molecule has 14 heteroatoms. The van der Waals surface area contributed by atoms with Crippen LogP contribution in [0.25, 0.3) is 11.2 Å². The van der Waals surface area contributed by atoms with E-state index in [1.54, 1.807) is 27.7 Å². The summed E-state index contributed by atoms with van der Waals surface area (Å²) in [4.78, 5) is 54.4. The van der Waals surface area contributed by atoms with Crippen molar-refractivity contribution in [3.05, 3.63) is 12.7 Å². The molecule has 0 radical (unpaired) electrons. The number of esters is 1. The Labute approximate surface area is 213 Å². The highest BCUT2D eigenvalue weighted by atomic mass is 16.6. The highest BCUT2D eigenvalue weighted by molar-refractivity contribution is 5.88. The van der Waals surface area contributed by atoms with Crippen molar-refractivity contribution in [3.63, 3.8) is 0 Å². The first-order valence-corrected chi connectivity index (χ1v) is 12.1. The highest BCUT2D eigenvalue weighted by Gasteiger charge is 2.47. The van der Waals surface area contributed by atoms with Crippen LogP contribution in [0.2, 0.25) is 0 Å². The van der Waals surface area contributed by atoms with Gasteiger partial charge in [0.05, 0.1) is 18.5 Å². The molecule has 2 amide bonds. The van der Waals surface area contributed by atoms with Crippen LogP contribution < -0.4 is 10.6 Å². The zero-order valence-corrected chi connectivity index (χ0v) is 21.4. The molecule has 2 aliphatic rings. The molecule has 4 N–H and O–H groups in total. The molecule has 4 rings (SSSR count). The molecule has 0 unspecified atom stereocenters. The fraction of sp³-hybridized carbons (Fsp3) is 0.652. The maximum Gasteiger partial charge on any atom is 0.411 e. The maximum atomic E-state index is 13.4. The minimum absolute atomic E-state index is 0.166. The van der Waals surface area contributed by atoms with Crippen molar-refractivity contribution >= 4 is 35.0 Å². The average molecular weight is 520 g/mol. The number of fused-ring (bicyclic) bond motifs is 1. The van der Waals surface area contributed by atoms with Crippen LogP contribution in [0.15, 0.2) is 12.7 Å². The van der Waals surface area contributed by atoms with E-state index in [1.807, 2.05) is 0 Å². The topological polar surface area (TPSA) is 181 Å². The molecule has 4 heterocycles. The molecular formula is C23H33N7O7. The predicted molar refractivity (Wildman–Crippen MR) is 129 cm³/mol. The third kappa shape index (κ3) is 6.07. The molecule has 0 aliphatic carbocycles. The summed E-state index contributed by atoms with van der Waals surface area (Å²) in [6.07, 6.45) is -0.496. The summed E-state index contributed by atoms with van der Waals surface area (Å²) in [6.45, 7) is 8.39. The van der Waals surface area contributed by atoms with Gasteiger partial charge >= 0.3 is 12.1 Å². The molecule has 0 bridgehead atoms. The van der Waals surface area contributed by atoms with Gasteiger partial charge < -0.3 is 34.9 Å². The Balaban J connectivity index is 1.44. The fourth-order valence-electron chi connectivity index (χ4n) is 4.51. The first kappa shape index (κ1) is 26.5. The van der Waals surface area contributed by atoms with E-state index in [2.05, 4.69) is 30.6 Å². The number of aliphatic hydroxyl groups is 1. The Morgan fingerprint density at radius 2 is 2.00 bits per heavy atom. The molecule has 2 aliphatic heterocycles. The number of likely N-dealkylation sites (tertiary alicyclic amines) is 1. The number of imidazole rings is 1. The van der Waals surface area contributed by atoms with Crippen molar-refractivity contribution in [2.75, 3.05) is 11.9 Å². The number of rotatable bonds is 5. The van der Waals surface area contributed by atoms with E-state index in [1.165, 1.54) is 24.5 Å². The van der Waals surface area contributed by atoms with Gasteiger partial charge in [-0.05, 0) is 27.7 Å². The van der Waals surface area contributed by atoms with Crippen LogP contribution in [-0.4, -0.2) is 96.7 Å². The van der Waals surface area contributed by atoms with E-state index >= 15 is 0 Å². The van der Waals surface area contributed by atoms with Crippen LogP contribution >= 0.6 is 0 Å². The third-order valence-electron chi connectivity index (χ3n) is 6.16. The van der Waals surface area contributed by atoms with Gasteiger partial charge in [0.15, 0.2) is 23.7 Å². The number of nitrogens with one attached hydrogen (secondary N) is 3. The number of amides is 2. The largest absolute Gasteiger partial charge is 0.460 e. The number of carbonyl (C=O) groups excluding carboxylic acids is 3. The second kappa shape index (κ2) is 10.5. The van der Waals surface area contributed by atoms with Crippen molar-refractivity contribution < 1.29 is 33.7 Å². The fourth-order valence-corrected chi connectivity index (χ4v) is 4.51. The van der Waals surface area contributed by atoms with Crippen molar-refractivity contribution in [1.29, 1.82) is 0 Å². The number of carbonyl (C=O) groups is 3. The maximum absolute atomic E-state index is 13.4. The predicted octanol–water partition coefficient (Wildman–Crippen LogP) is 0.687. The number of hydrogen-bond acceptors (Lipinski definition) is 11. The van der Waals surface area contributed by atoms with Crippen molar-refractivity contribution in [1.82, 2.24) is 30.2 Å². The molecule has 14 nitrogen and oxygen atoms in total. The van der Waals surface area contributed by atoms with Crippen LogP contribution in [0.1, 0.15) is 47.5 Å². The molecule has 0 aromatic carbocycles. The van der Waals surface area contributed by atoms with Gasteiger partial charge in [0.2, 0.25) is 5.91 Å². The molecular weight excluding hydrogens is 486 g/mol. The van der Waals surface area contributed by atoms with E-state index in [0.717, 1.165) is 0 Å². The average Bonchev–Trinajstić information content (AvgIpc) is 3.43. The highest BCUT2D eigenvalue weighted by Crippen LogP contribution is 2.27. The smallest absolute Gasteiger partial charge is 0.411 e. The van der Waals surface area contributed by atoms with Gasteiger partial charge in [-0.3, -0.25) is 14.5 Å². The summed E-state index contributed by atoms with van der Waals surface area (Å²) < 4.78 is 16.8. The minimum Gasteiger partial charge on any atom is -0.460 e. The molecule has 0 saturated carbocycles. The third-order valence-corrected chi connectivity index (χ3v) is 6.16. The Morgan fingerprint density at radius 1 is 1.24 bits per heavy atom. The van der Waals surface area contributed by atoms with E-state index in [9.17, 15) is 19.5 Å². The van der Waals surface area contributed by atoms with Gasteiger partial charge in [-0.2, -0.15) is 0 Å². The van der Waals surface area contributed by atoms with Crippen LogP contribution in [0.3, 0.4) is 0 Å². The van der Waals surface area contributed by atoms with E-state index in [-0.39, 0.29) is 13.0 Å². The summed E-state index contributed by atoms with van der Waals surface area (Å²) in [6, 6.07) is -1.65. The molecule has 2 saturated heterocycles. The molecule has 0 spiro atoms. The summed E-state index contributed by atoms with van der Waals surface area (Å²) in [5.74, 6) is -0.656. The first-order valence-electron chi connectivity index (χ1n) is 12.1. The van der Waals surface area contributed by atoms with E-state index in [0.29, 0.717) is 23.4 Å². The molecule has 202 valence electrons. The number of aliphatic hydroxyl groups excluding tert-OH is 1. The summed E-state index contributed by atoms with van der Waals surface area (Å²) in [5.41, 5.74) is 0.275. The lowest BCUT2D eigenvalue weighted by Crippen LogP contribution is -2.59. The summed E-state index contributed by atoms with van der Waals surface area (Å²) in [7, 11) is 0. The van der Waals surface area contributed by atoms with Crippen LogP contribution in [-0.2, 0) is 23.8 Å². The number of nitrogens with zero attached hydrogens (tertiary/aromatic N) is 4. The lowest BCUT2D eigenvalue weighted by Gasteiger charge is -2.39. The van der Waals surface area contributed by atoms with Crippen LogP contribution in [0.5, 0.6) is 0 Å². The molecule has 2 aromatic heterocycles. The second-order valence-electron chi connectivity index (χ2n) is 10.2. The molecule has 2 aromatic rings. The number of hydrogen-bond donors (Lipinski definition) is 4. The van der Waals surface area contributed by atoms with E-state index in [4.69, 9.17) is 14.2 Å². The number of ether oxygens (including phenoxy) is 3. The Bertz CT molecular complexity index is 1150. The zero-order chi connectivity index (χ0) is 26.9. The van der Waals surface area contributed by atoms with Crippen molar-refractivity contribution in [3.8, 4) is 0 Å². The Kier molecular flexibility index (Phi) is 7.50. The lowest BCUT2D eigenvalue weighted by atomic mass is 9.98. The number of anilines is 1. The quantitative estimate of drug-likeness (QED) is 0.408. The van der Waals surface area contributed by atoms with Crippen LogP contribution in [0, 0.1) is 0 Å². The van der Waals surface area contributed by atoms with Gasteiger partial charge in [0, 0.05) is 26.3 Å².